The monoisotopic (exact) mass is 368 g/mol. The van der Waals surface area contributed by atoms with Gasteiger partial charge < -0.3 is 15.0 Å². The highest BCUT2D eigenvalue weighted by molar-refractivity contribution is 7.85. The molecule has 4 atom stereocenters. The Balaban J connectivity index is 1.54. The van der Waals surface area contributed by atoms with Gasteiger partial charge in [-0.05, 0) is 19.3 Å². The van der Waals surface area contributed by atoms with Crippen LogP contribution in [0.4, 0.5) is 4.79 Å². The maximum atomic E-state index is 12.7. The van der Waals surface area contributed by atoms with E-state index in [2.05, 4.69) is 10.4 Å². The number of hydrogen-bond acceptors (Lipinski definition) is 4. The summed E-state index contributed by atoms with van der Waals surface area (Å²) in [7, 11) is 1.10. The number of urea groups is 1. The molecule has 2 heterocycles. The Kier molecular flexibility index (Phi) is 6.11. The molecule has 0 spiro atoms. The van der Waals surface area contributed by atoms with E-state index in [0.29, 0.717) is 25.4 Å². The van der Waals surface area contributed by atoms with Crippen LogP contribution < -0.4 is 5.32 Å². The van der Waals surface area contributed by atoms with E-state index in [0.717, 1.165) is 31.2 Å². The summed E-state index contributed by atoms with van der Waals surface area (Å²) in [6, 6.07) is 0.0894. The summed E-state index contributed by atoms with van der Waals surface area (Å²) in [5.41, 5.74) is 0.996. The number of carbonyl (C=O) groups excluding carboxylic acids is 1. The minimum absolute atomic E-state index is 0.0369. The Morgan fingerprint density at radius 2 is 2.32 bits per heavy atom. The molecule has 0 radical (unpaired) electrons. The third kappa shape index (κ3) is 4.61. The van der Waals surface area contributed by atoms with Gasteiger partial charge in [-0.2, -0.15) is 5.10 Å². The fourth-order valence-corrected chi connectivity index (χ4v) is 5.01. The molecule has 2 fully saturated rings. The van der Waals surface area contributed by atoms with Gasteiger partial charge in [0.05, 0.1) is 19.3 Å². The number of nitrogens with zero attached hydrogens (tertiary/aromatic N) is 3. The van der Waals surface area contributed by atoms with Gasteiger partial charge in [-0.3, -0.25) is 8.89 Å². The third-order valence-electron chi connectivity index (χ3n) is 5.06. The Bertz CT molecular complexity index is 621. The van der Waals surface area contributed by atoms with Crippen molar-refractivity contribution in [3.8, 4) is 0 Å². The fourth-order valence-electron chi connectivity index (χ4n) is 3.66. The predicted molar refractivity (Wildman–Crippen MR) is 96.7 cm³/mol. The van der Waals surface area contributed by atoms with Crippen LogP contribution in [0.15, 0.2) is 12.4 Å². The zero-order valence-electron chi connectivity index (χ0n) is 15.0. The quantitative estimate of drug-likeness (QED) is 0.875. The van der Waals surface area contributed by atoms with Crippen molar-refractivity contribution in [2.45, 2.75) is 50.0 Å². The molecule has 1 aliphatic carbocycles. The average molecular weight is 369 g/mol. The van der Waals surface area contributed by atoms with Crippen molar-refractivity contribution in [3.05, 3.63) is 18.0 Å². The maximum absolute atomic E-state index is 12.7. The van der Waals surface area contributed by atoms with Crippen molar-refractivity contribution >= 4 is 16.8 Å². The van der Waals surface area contributed by atoms with Crippen molar-refractivity contribution in [3.63, 3.8) is 0 Å². The van der Waals surface area contributed by atoms with Crippen molar-refractivity contribution in [2.75, 3.05) is 25.4 Å². The minimum Gasteiger partial charge on any atom is -0.370 e. The molecule has 140 valence electrons. The molecule has 0 bridgehead atoms. The highest BCUT2D eigenvalue weighted by Crippen LogP contribution is 2.24. The molecule has 3 rings (SSSR count). The van der Waals surface area contributed by atoms with Gasteiger partial charge in [-0.1, -0.05) is 13.3 Å². The van der Waals surface area contributed by atoms with Gasteiger partial charge in [0.2, 0.25) is 0 Å². The Labute approximate surface area is 151 Å². The predicted octanol–water partition coefficient (Wildman–Crippen LogP) is 1.58. The molecule has 1 N–H and O–H groups in total. The SMILES string of the molecule is CCS(=O)C1CCCC(NC(=O)N2CCOC(c3cnn(C)c3)C2)C1. The van der Waals surface area contributed by atoms with Gasteiger partial charge >= 0.3 is 6.03 Å². The van der Waals surface area contributed by atoms with Crippen LogP contribution in [0.1, 0.15) is 44.3 Å². The summed E-state index contributed by atoms with van der Waals surface area (Å²) >= 11 is 0. The fraction of sp³-hybridized carbons (Fsp3) is 0.765. The second-order valence-corrected chi connectivity index (χ2v) is 8.86. The van der Waals surface area contributed by atoms with Crippen LogP contribution in [0, 0.1) is 0 Å². The molecule has 7 nitrogen and oxygen atoms in total. The first-order chi connectivity index (χ1) is 12.1. The van der Waals surface area contributed by atoms with Gasteiger partial charge in [0.25, 0.3) is 0 Å². The Morgan fingerprint density at radius 1 is 1.48 bits per heavy atom. The molecule has 8 heteroatoms. The van der Waals surface area contributed by atoms with Crippen LogP contribution in [-0.2, 0) is 22.6 Å². The number of rotatable bonds is 4. The topological polar surface area (TPSA) is 76.5 Å². The summed E-state index contributed by atoms with van der Waals surface area (Å²) in [5, 5.41) is 7.55. The Morgan fingerprint density at radius 3 is 3.04 bits per heavy atom. The zero-order chi connectivity index (χ0) is 17.8. The van der Waals surface area contributed by atoms with Crippen molar-refractivity contribution in [1.29, 1.82) is 0 Å². The van der Waals surface area contributed by atoms with E-state index in [-0.39, 0.29) is 23.4 Å². The first kappa shape index (κ1) is 18.4. The molecular weight excluding hydrogens is 340 g/mol. The standard InChI is InChI=1S/C17H28N4O3S/c1-3-25(23)15-6-4-5-14(9-15)19-17(22)21-7-8-24-16(12-21)13-10-18-20(2)11-13/h10-11,14-16H,3-9,12H2,1-2H3,(H,19,22). The van der Waals surface area contributed by atoms with Crippen molar-refractivity contribution in [1.82, 2.24) is 20.0 Å². The van der Waals surface area contributed by atoms with Crippen LogP contribution in [0.3, 0.4) is 0 Å². The summed E-state index contributed by atoms with van der Waals surface area (Å²) in [5.74, 6) is 0.696. The summed E-state index contributed by atoms with van der Waals surface area (Å²) in [6.07, 6.45) is 7.42. The molecule has 25 heavy (non-hydrogen) atoms. The number of carbonyl (C=O) groups is 1. The third-order valence-corrected chi connectivity index (χ3v) is 6.80. The number of amides is 2. The van der Waals surface area contributed by atoms with E-state index in [4.69, 9.17) is 4.74 Å². The molecule has 1 saturated heterocycles. The highest BCUT2D eigenvalue weighted by atomic mass is 32.2. The first-order valence-electron chi connectivity index (χ1n) is 9.09. The largest absolute Gasteiger partial charge is 0.370 e. The molecule has 1 saturated carbocycles. The normalized spacial score (nSPS) is 28.6. The molecular formula is C17H28N4O3S. The molecule has 1 aliphatic heterocycles. The number of hydrogen-bond donors (Lipinski definition) is 1. The number of ether oxygens (including phenoxy) is 1. The summed E-state index contributed by atoms with van der Waals surface area (Å²) in [4.78, 5) is 14.5. The van der Waals surface area contributed by atoms with Crippen molar-refractivity contribution < 1.29 is 13.7 Å². The second-order valence-electron chi connectivity index (χ2n) is 6.86. The first-order valence-corrected chi connectivity index (χ1v) is 10.5. The second kappa shape index (κ2) is 8.31. The summed E-state index contributed by atoms with van der Waals surface area (Å²) in [6.45, 7) is 3.62. The average Bonchev–Trinajstić information content (AvgIpc) is 3.08. The van der Waals surface area contributed by atoms with Crippen LogP contribution in [0.25, 0.3) is 0 Å². The molecule has 2 amide bonds. The summed E-state index contributed by atoms with van der Waals surface area (Å²) < 4.78 is 19.6. The van der Waals surface area contributed by atoms with Gasteiger partial charge in [0, 0.05) is 53.2 Å². The van der Waals surface area contributed by atoms with Crippen LogP contribution in [0.5, 0.6) is 0 Å². The number of aromatic nitrogens is 2. The minimum atomic E-state index is -0.776. The smallest absolute Gasteiger partial charge is 0.317 e. The molecule has 1 aromatic rings. The van der Waals surface area contributed by atoms with Gasteiger partial charge in [0.15, 0.2) is 0 Å². The lowest BCUT2D eigenvalue weighted by atomic mass is 9.95. The van der Waals surface area contributed by atoms with Gasteiger partial charge in [-0.25, -0.2) is 4.79 Å². The molecule has 2 aliphatic rings. The van der Waals surface area contributed by atoms with Crippen LogP contribution >= 0.6 is 0 Å². The van der Waals surface area contributed by atoms with E-state index in [1.165, 1.54) is 0 Å². The van der Waals surface area contributed by atoms with E-state index >= 15 is 0 Å². The lowest BCUT2D eigenvalue weighted by Gasteiger charge is -2.35. The molecule has 4 unspecified atom stereocenters. The lowest BCUT2D eigenvalue weighted by molar-refractivity contribution is -0.0159. The van der Waals surface area contributed by atoms with Crippen LogP contribution in [-0.4, -0.2) is 61.7 Å². The highest BCUT2D eigenvalue weighted by Gasteiger charge is 2.30. The van der Waals surface area contributed by atoms with E-state index in [1.807, 2.05) is 25.1 Å². The number of morpholine rings is 1. The molecule has 0 aromatic carbocycles. The zero-order valence-corrected chi connectivity index (χ0v) is 15.8. The number of aryl methyl sites for hydroxylation is 1. The number of nitrogens with one attached hydrogen (secondary N) is 1. The van der Waals surface area contributed by atoms with Crippen LogP contribution in [0.2, 0.25) is 0 Å². The van der Waals surface area contributed by atoms with Crippen molar-refractivity contribution in [2.24, 2.45) is 7.05 Å². The van der Waals surface area contributed by atoms with Gasteiger partial charge in [-0.15, -0.1) is 0 Å². The maximum Gasteiger partial charge on any atom is 0.317 e. The van der Waals surface area contributed by atoms with E-state index in [9.17, 15) is 9.00 Å². The van der Waals surface area contributed by atoms with Gasteiger partial charge in [0.1, 0.15) is 6.10 Å². The van der Waals surface area contributed by atoms with E-state index in [1.54, 1.807) is 10.9 Å². The Hall–Kier alpha value is -1.41. The lowest BCUT2D eigenvalue weighted by Crippen LogP contribution is -2.51. The molecule has 1 aromatic heterocycles. The van der Waals surface area contributed by atoms with E-state index < -0.39 is 10.8 Å².